The van der Waals surface area contributed by atoms with Crippen LogP contribution in [0.15, 0.2) is 52.4 Å². The van der Waals surface area contributed by atoms with Crippen LogP contribution in [0.3, 0.4) is 0 Å². The molecule has 0 amide bonds. The first kappa shape index (κ1) is 20.2. The molecule has 0 saturated heterocycles. The lowest BCUT2D eigenvalue weighted by molar-refractivity contribution is 0.355. The Morgan fingerprint density at radius 3 is 2.48 bits per heavy atom. The molecular weight excluding hydrogens is 396 g/mol. The number of nitrogens with zero attached hydrogens (tertiary/aromatic N) is 2. The van der Waals surface area contributed by atoms with Crippen molar-refractivity contribution in [2.24, 2.45) is 5.10 Å². The molecule has 3 aromatic rings. The maximum atomic E-state index is 12.0. The van der Waals surface area contributed by atoms with E-state index in [4.69, 9.17) is 25.8 Å². The van der Waals surface area contributed by atoms with E-state index in [0.29, 0.717) is 27.8 Å². The first-order valence-corrected chi connectivity index (χ1v) is 8.88. The Hall–Kier alpha value is -3.52. The van der Waals surface area contributed by atoms with Crippen molar-refractivity contribution in [2.45, 2.75) is 0 Å². The molecule has 0 saturated carbocycles. The third-order valence-electron chi connectivity index (χ3n) is 3.97. The van der Waals surface area contributed by atoms with E-state index in [9.17, 15) is 4.79 Å². The second-order valence-electron chi connectivity index (χ2n) is 5.82. The number of hydrogen-bond acceptors (Lipinski definition) is 7. The molecule has 1 aromatic heterocycles. The van der Waals surface area contributed by atoms with Crippen LogP contribution in [0, 0.1) is 0 Å². The number of anilines is 1. The fourth-order valence-corrected chi connectivity index (χ4v) is 2.90. The summed E-state index contributed by atoms with van der Waals surface area (Å²) in [5.41, 5.74) is 4.36. The van der Waals surface area contributed by atoms with Gasteiger partial charge in [-0.1, -0.05) is 11.6 Å². The third kappa shape index (κ3) is 4.85. The molecule has 0 fully saturated rings. The summed E-state index contributed by atoms with van der Waals surface area (Å²) in [7, 11) is 4.62. The number of benzene rings is 2. The summed E-state index contributed by atoms with van der Waals surface area (Å²) in [5, 5.41) is 4.49. The highest BCUT2D eigenvalue weighted by Crippen LogP contribution is 2.35. The highest BCUT2D eigenvalue weighted by Gasteiger charge is 2.10. The van der Waals surface area contributed by atoms with Crippen molar-refractivity contribution in [2.75, 3.05) is 26.8 Å². The van der Waals surface area contributed by atoms with Gasteiger partial charge in [-0.05, 0) is 42.0 Å². The van der Waals surface area contributed by atoms with Gasteiger partial charge in [0.25, 0.3) is 5.56 Å². The van der Waals surface area contributed by atoms with E-state index in [0.717, 1.165) is 11.3 Å². The van der Waals surface area contributed by atoms with Crippen LogP contribution in [-0.2, 0) is 0 Å². The monoisotopic (exact) mass is 414 g/mol. The highest BCUT2D eigenvalue weighted by atomic mass is 35.5. The van der Waals surface area contributed by atoms with Crippen LogP contribution in [0.4, 0.5) is 5.95 Å². The van der Waals surface area contributed by atoms with Crippen molar-refractivity contribution >= 4 is 23.8 Å². The molecule has 0 aliphatic carbocycles. The molecule has 0 aliphatic heterocycles. The van der Waals surface area contributed by atoms with Crippen molar-refractivity contribution in [3.63, 3.8) is 0 Å². The van der Waals surface area contributed by atoms with Gasteiger partial charge in [-0.3, -0.25) is 9.78 Å². The lowest BCUT2D eigenvalue weighted by Gasteiger charge is -2.10. The molecule has 2 aromatic carbocycles. The third-order valence-corrected chi connectivity index (χ3v) is 4.25. The number of rotatable bonds is 7. The van der Waals surface area contributed by atoms with Crippen LogP contribution < -0.4 is 25.2 Å². The molecule has 29 heavy (non-hydrogen) atoms. The van der Waals surface area contributed by atoms with Gasteiger partial charge < -0.3 is 14.2 Å². The number of H-pyrrole nitrogens is 1. The highest BCUT2D eigenvalue weighted by molar-refractivity contribution is 6.32. The number of methoxy groups -OCH3 is 3. The second-order valence-corrected chi connectivity index (χ2v) is 6.22. The largest absolute Gasteiger partial charge is 0.497 e. The molecule has 2 N–H and O–H groups in total. The molecule has 0 radical (unpaired) electrons. The van der Waals surface area contributed by atoms with Crippen LogP contribution in [0.1, 0.15) is 5.56 Å². The summed E-state index contributed by atoms with van der Waals surface area (Å²) in [6.07, 6.45) is 1.52. The molecule has 0 spiro atoms. The fraction of sp³-hybridized carbons (Fsp3) is 0.150. The maximum Gasteiger partial charge on any atom is 0.252 e. The van der Waals surface area contributed by atoms with Gasteiger partial charge in [-0.15, -0.1) is 0 Å². The van der Waals surface area contributed by atoms with E-state index in [1.807, 2.05) is 12.1 Å². The number of halogens is 1. The molecule has 0 unspecified atom stereocenters. The predicted octanol–water partition coefficient (Wildman–Crippen LogP) is 3.56. The second kappa shape index (κ2) is 9.11. The number of nitrogens with one attached hydrogen (secondary N) is 2. The zero-order valence-electron chi connectivity index (χ0n) is 16.0. The SMILES string of the molecule is COc1ccc(-c2cc(=O)[nH]c(N/N=C\c3cc(Cl)c(OC)c(OC)c3)n2)cc1. The van der Waals surface area contributed by atoms with Gasteiger partial charge in [0, 0.05) is 11.6 Å². The molecule has 9 heteroatoms. The summed E-state index contributed by atoms with van der Waals surface area (Å²) in [4.78, 5) is 18.9. The van der Waals surface area contributed by atoms with Crippen molar-refractivity contribution in [1.29, 1.82) is 0 Å². The Bertz CT molecular complexity index is 1080. The maximum absolute atomic E-state index is 12.0. The molecular formula is C20H19ClN4O4. The van der Waals surface area contributed by atoms with Crippen molar-refractivity contribution in [3.05, 3.63) is 63.4 Å². The standard InChI is InChI=1S/C20H19ClN4O4/c1-27-14-6-4-13(5-7-14)16-10-18(26)24-20(23-16)25-22-11-12-8-15(21)19(29-3)17(9-12)28-2/h4-11H,1-3H3,(H2,23,24,25,26)/b22-11-. The van der Waals surface area contributed by atoms with Gasteiger partial charge in [-0.2, -0.15) is 5.10 Å². The lowest BCUT2D eigenvalue weighted by Crippen LogP contribution is -2.10. The Balaban J connectivity index is 1.81. The van der Waals surface area contributed by atoms with Crippen LogP contribution in [0.2, 0.25) is 5.02 Å². The molecule has 0 bridgehead atoms. The predicted molar refractivity (Wildman–Crippen MR) is 113 cm³/mol. The van der Waals surface area contributed by atoms with E-state index in [-0.39, 0.29) is 11.5 Å². The zero-order valence-corrected chi connectivity index (χ0v) is 16.8. The summed E-state index contributed by atoms with van der Waals surface area (Å²) in [6, 6.07) is 12.0. The van der Waals surface area contributed by atoms with Crippen LogP contribution in [0.5, 0.6) is 17.2 Å². The minimum atomic E-state index is -0.308. The lowest BCUT2D eigenvalue weighted by atomic mass is 10.1. The minimum absolute atomic E-state index is 0.200. The smallest absolute Gasteiger partial charge is 0.252 e. The van der Waals surface area contributed by atoms with Gasteiger partial charge in [0.1, 0.15) is 5.75 Å². The molecule has 0 aliphatic rings. The Labute approximate surface area is 172 Å². The summed E-state index contributed by atoms with van der Waals surface area (Å²) in [6.45, 7) is 0. The number of hydrazone groups is 1. The Kier molecular flexibility index (Phi) is 6.36. The first-order valence-electron chi connectivity index (χ1n) is 8.50. The Morgan fingerprint density at radius 1 is 1.07 bits per heavy atom. The van der Waals surface area contributed by atoms with E-state index in [2.05, 4.69) is 20.5 Å². The van der Waals surface area contributed by atoms with E-state index in [1.54, 1.807) is 31.4 Å². The van der Waals surface area contributed by atoms with Gasteiger partial charge in [0.2, 0.25) is 5.95 Å². The van der Waals surface area contributed by atoms with Gasteiger partial charge >= 0.3 is 0 Å². The first-order chi connectivity index (χ1) is 14.0. The molecule has 1 heterocycles. The van der Waals surface area contributed by atoms with Crippen LogP contribution >= 0.6 is 11.6 Å². The molecule has 150 valence electrons. The number of aromatic amines is 1. The van der Waals surface area contributed by atoms with Gasteiger partial charge in [0.15, 0.2) is 11.5 Å². The zero-order chi connectivity index (χ0) is 20.8. The average Bonchev–Trinajstić information content (AvgIpc) is 2.73. The topological polar surface area (TPSA) is 97.8 Å². The van der Waals surface area contributed by atoms with Crippen LogP contribution in [-0.4, -0.2) is 37.5 Å². The number of ether oxygens (including phenoxy) is 3. The van der Waals surface area contributed by atoms with Gasteiger partial charge in [-0.25, -0.2) is 10.4 Å². The van der Waals surface area contributed by atoms with Crippen molar-refractivity contribution in [1.82, 2.24) is 9.97 Å². The number of hydrogen-bond donors (Lipinski definition) is 2. The number of aromatic nitrogens is 2. The summed E-state index contributed by atoms with van der Waals surface area (Å²) in [5.74, 6) is 1.84. The molecule has 0 atom stereocenters. The molecule has 3 rings (SSSR count). The fourth-order valence-electron chi connectivity index (χ4n) is 2.60. The van der Waals surface area contributed by atoms with Crippen molar-refractivity contribution < 1.29 is 14.2 Å². The average molecular weight is 415 g/mol. The van der Waals surface area contributed by atoms with E-state index < -0.39 is 0 Å². The summed E-state index contributed by atoms with van der Waals surface area (Å²) >= 11 is 6.18. The summed E-state index contributed by atoms with van der Waals surface area (Å²) < 4.78 is 15.6. The van der Waals surface area contributed by atoms with E-state index >= 15 is 0 Å². The normalized spacial score (nSPS) is 10.8. The van der Waals surface area contributed by atoms with Crippen molar-refractivity contribution in [3.8, 4) is 28.5 Å². The van der Waals surface area contributed by atoms with Crippen LogP contribution in [0.25, 0.3) is 11.3 Å². The quantitative estimate of drug-likeness (QED) is 0.453. The molecule has 8 nitrogen and oxygen atoms in total. The van der Waals surface area contributed by atoms with Gasteiger partial charge in [0.05, 0.1) is 38.3 Å². The van der Waals surface area contributed by atoms with E-state index in [1.165, 1.54) is 26.5 Å². The minimum Gasteiger partial charge on any atom is -0.497 e. The Morgan fingerprint density at radius 2 is 1.83 bits per heavy atom.